The number of anilines is 1. The topological polar surface area (TPSA) is 74.4 Å². The van der Waals surface area contributed by atoms with Gasteiger partial charge in [0.15, 0.2) is 0 Å². The van der Waals surface area contributed by atoms with E-state index < -0.39 is 0 Å². The third kappa shape index (κ3) is 2.89. The van der Waals surface area contributed by atoms with E-state index in [4.69, 9.17) is 9.72 Å². The zero-order valence-corrected chi connectivity index (χ0v) is 16.1. The number of nitrogens with one attached hydrogen (secondary N) is 1. The zero-order valence-electron chi connectivity index (χ0n) is 16.1. The van der Waals surface area contributed by atoms with Crippen LogP contribution in [0.3, 0.4) is 0 Å². The molecule has 3 saturated heterocycles. The van der Waals surface area contributed by atoms with Crippen LogP contribution in [0.15, 0.2) is 25.2 Å². The highest BCUT2D eigenvalue weighted by Crippen LogP contribution is 2.40. The van der Waals surface area contributed by atoms with Crippen LogP contribution in [0.25, 0.3) is 11.0 Å². The standard InChI is InChI=1S/C21H27N5O2/c1-2-18(27)25-11-15-4-3-5-16(12-25)26(15)21-19-17(14-6-8-28-9-7-14)10-22-20(19)23-13-24-21/h2,10,13-16H,1,3-9,11-12H2,(H,22,23,24). The van der Waals surface area contributed by atoms with E-state index in [9.17, 15) is 4.79 Å². The average Bonchev–Trinajstić information content (AvgIpc) is 3.17. The zero-order chi connectivity index (χ0) is 19.1. The number of ether oxygens (including phenoxy) is 1. The van der Waals surface area contributed by atoms with Gasteiger partial charge in [0.25, 0.3) is 0 Å². The molecule has 0 radical (unpaired) electrons. The summed E-state index contributed by atoms with van der Waals surface area (Å²) < 4.78 is 5.56. The molecular weight excluding hydrogens is 354 g/mol. The van der Waals surface area contributed by atoms with Crippen LogP contribution in [-0.4, -0.2) is 64.1 Å². The van der Waals surface area contributed by atoms with Gasteiger partial charge in [-0.15, -0.1) is 0 Å². The summed E-state index contributed by atoms with van der Waals surface area (Å²) >= 11 is 0. The first-order valence-electron chi connectivity index (χ1n) is 10.4. The highest BCUT2D eigenvalue weighted by molar-refractivity contribution is 5.92. The molecule has 2 unspecified atom stereocenters. The first kappa shape index (κ1) is 17.7. The Kier molecular flexibility index (Phi) is 4.55. The Morgan fingerprint density at radius 2 is 1.93 bits per heavy atom. The monoisotopic (exact) mass is 381 g/mol. The van der Waals surface area contributed by atoms with Gasteiger partial charge in [-0.3, -0.25) is 4.79 Å². The second kappa shape index (κ2) is 7.20. The van der Waals surface area contributed by atoms with Gasteiger partial charge in [0, 0.05) is 44.6 Å². The molecule has 0 aliphatic carbocycles. The SMILES string of the molecule is C=CC(=O)N1CC2CCCC(C1)N2c1ncnc2[nH]cc(C3CCOCC3)c12. The Hall–Kier alpha value is -2.41. The molecule has 2 aromatic rings. The number of piperazine rings is 1. The maximum Gasteiger partial charge on any atom is 0.246 e. The van der Waals surface area contributed by atoms with Gasteiger partial charge in [-0.05, 0) is 49.7 Å². The first-order chi connectivity index (χ1) is 13.8. The predicted molar refractivity (Wildman–Crippen MR) is 107 cm³/mol. The molecule has 28 heavy (non-hydrogen) atoms. The van der Waals surface area contributed by atoms with Crippen molar-refractivity contribution in [2.75, 3.05) is 31.2 Å². The lowest BCUT2D eigenvalue weighted by molar-refractivity contribution is -0.127. The fraction of sp³-hybridized carbons (Fsp3) is 0.571. The maximum atomic E-state index is 12.2. The molecule has 5 heterocycles. The van der Waals surface area contributed by atoms with Crippen LogP contribution >= 0.6 is 0 Å². The van der Waals surface area contributed by atoms with Crippen molar-refractivity contribution >= 4 is 22.8 Å². The normalized spacial score (nSPS) is 25.9. The second-order valence-electron chi connectivity index (χ2n) is 8.14. The van der Waals surface area contributed by atoms with Crippen molar-refractivity contribution in [3.8, 4) is 0 Å². The molecular formula is C21H27N5O2. The minimum absolute atomic E-state index is 0.0360. The number of fused-ring (bicyclic) bond motifs is 3. The van der Waals surface area contributed by atoms with E-state index in [2.05, 4.69) is 27.6 Å². The minimum Gasteiger partial charge on any atom is -0.381 e. The smallest absolute Gasteiger partial charge is 0.246 e. The summed E-state index contributed by atoms with van der Waals surface area (Å²) in [4.78, 5) is 29.3. The quantitative estimate of drug-likeness (QED) is 0.828. The number of hydrogen-bond donors (Lipinski definition) is 1. The van der Waals surface area contributed by atoms with E-state index >= 15 is 0 Å². The molecule has 3 fully saturated rings. The molecule has 0 saturated carbocycles. The summed E-state index contributed by atoms with van der Waals surface area (Å²) in [6, 6.07) is 0.596. The van der Waals surface area contributed by atoms with Crippen molar-refractivity contribution in [2.24, 2.45) is 0 Å². The fourth-order valence-electron chi connectivity index (χ4n) is 5.26. The summed E-state index contributed by atoms with van der Waals surface area (Å²) in [5, 5.41) is 1.16. The summed E-state index contributed by atoms with van der Waals surface area (Å²) in [6.45, 7) is 6.77. The predicted octanol–water partition coefficient (Wildman–Crippen LogP) is 2.61. The molecule has 1 amide bonds. The summed E-state index contributed by atoms with van der Waals surface area (Å²) in [6.07, 6.45) is 10.7. The number of H-pyrrole nitrogens is 1. The molecule has 5 rings (SSSR count). The number of hydrogen-bond acceptors (Lipinski definition) is 5. The van der Waals surface area contributed by atoms with Crippen LogP contribution in [0, 0.1) is 0 Å². The van der Waals surface area contributed by atoms with Crippen molar-refractivity contribution in [1.82, 2.24) is 19.9 Å². The lowest BCUT2D eigenvalue weighted by Crippen LogP contribution is -2.62. The molecule has 1 N–H and O–H groups in total. The number of piperidine rings is 1. The Bertz CT molecular complexity index is 874. The van der Waals surface area contributed by atoms with E-state index in [-0.39, 0.29) is 5.91 Å². The number of carbonyl (C=O) groups excluding carboxylic acids is 1. The molecule has 0 spiro atoms. The Morgan fingerprint density at radius 1 is 1.18 bits per heavy atom. The van der Waals surface area contributed by atoms with Gasteiger partial charge in [0.2, 0.25) is 5.91 Å². The fourth-order valence-corrected chi connectivity index (χ4v) is 5.26. The van der Waals surface area contributed by atoms with Crippen molar-refractivity contribution in [2.45, 2.75) is 50.1 Å². The largest absolute Gasteiger partial charge is 0.381 e. The number of aromatic amines is 1. The van der Waals surface area contributed by atoms with Crippen molar-refractivity contribution in [1.29, 1.82) is 0 Å². The Balaban J connectivity index is 1.54. The molecule has 2 aromatic heterocycles. The third-order valence-corrected chi connectivity index (χ3v) is 6.60. The van der Waals surface area contributed by atoms with Gasteiger partial charge < -0.3 is 19.5 Å². The van der Waals surface area contributed by atoms with Crippen molar-refractivity contribution in [3.63, 3.8) is 0 Å². The van der Waals surface area contributed by atoms with Gasteiger partial charge in [0.1, 0.15) is 17.8 Å². The van der Waals surface area contributed by atoms with Crippen LogP contribution < -0.4 is 4.90 Å². The highest BCUT2D eigenvalue weighted by atomic mass is 16.5. The molecule has 7 nitrogen and oxygen atoms in total. The van der Waals surface area contributed by atoms with Crippen LogP contribution in [0.5, 0.6) is 0 Å². The Labute approximate surface area is 164 Å². The first-order valence-corrected chi connectivity index (χ1v) is 10.4. The van der Waals surface area contributed by atoms with Gasteiger partial charge in [-0.25, -0.2) is 9.97 Å². The highest BCUT2D eigenvalue weighted by Gasteiger charge is 2.40. The lowest BCUT2D eigenvalue weighted by Gasteiger charge is -2.50. The van der Waals surface area contributed by atoms with Gasteiger partial charge in [-0.1, -0.05) is 6.58 Å². The molecule has 2 atom stereocenters. The van der Waals surface area contributed by atoms with Gasteiger partial charge in [0.05, 0.1) is 5.39 Å². The molecule has 0 aromatic carbocycles. The molecule has 7 heteroatoms. The molecule has 2 bridgehead atoms. The second-order valence-corrected chi connectivity index (χ2v) is 8.14. The van der Waals surface area contributed by atoms with Gasteiger partial charge in [-0.2, -0.15) is 0 Å². The van der Waals surface area contributed by atoms with Crippen LogP contribution in [0.1, 0.15) is 43.6 Å². The third-order valence-electron chi connectivity index (χ3n) is 6.60. The number of aromatic nitrogens is 3. The summed E-state index contributed by atoms with van der Waals surface area (Å²) in [5.41, 5.74) is 2.23. The van der Waals surface area contributed by atoms with E-state index in [1.165, 1.54) is 18.1 Å². The summed E-state index contributed by atoms with van der Waals surface area (Å²) in [5.74, 6) is 1.55. The number of rotatable bonds is 3. The maximum absolute atomic E-state index is 12.2. The average molecular weight is 381 g/mol. The number of likely N-dealkylation sites (tertiary alicyclic amines) is 1. The van der Waals surface area contributed by atoms with Crippen molar-refractivity contribution in [3.05, 3.63) is 30.7 Å². The molecule has 3 aliphatic rings. The summed E-state index contributed by atoms with van der Waals surface area (Å²) in [7, 11) is 0. The number of carbonyl (C=O) groups is 1. The lowest BCUT2D eigenvalue weighted by atomic mass is 9.89. The minimum atomic E-state index is 0.0360. The van der Waals surface area contributed by atoms with Crippen molar-refractivity contribution < 1.29 is 9.53 Å². The van der Waals surface area contributed by atoms with E-state index in [1.807, 2.05) is 4.90 Å². The van der Waals surface area contributed by atoms with E-state index in [0.717, 1.165) is 68.8 Å². The van der Waals surface area contributed by atoms with Crippen LogP contribution in [-0.2, 0) is 9.53 Å². The molecule has 148 valence electrons. The number of amides is 1. The number of nitrogens with zero attached hydrogens (tertiary/aromatic N) is 4. The Morgan fingerprint density at radius 3 is 2.64 bits per heavy atom. The van der Waals surface area contributed by atoms with Crippen LogP contribution in [0.4, 0.5) is 5.82 Å². The van der Waals surface area contributed by atoms with Crippen LogP contribution in [0.2, 0.25) is 0 Å². The van der Waals surface area contributed by atoms with E-state index in [0.29, 0.717) is 18.0 Å². The van der Waals surface area contributed by atoms with Gasteiger partial charge >= 0.3 is 0 Å². The van der Waals surface area contributed by atoms with E-state index in [1.54, 1.807) is 6.33 Å². The molecule has 3 aliphatic heterocycles.